The van der Waals surface area contributed by atoms with Gasteiger partial charge in [-0.25, -0.2) is 0 Å². The van der Waals surface area contributed by atoms with Crippen LogP contribution in [-0.2, 0) is 0 Å². The van der Waals surface area contributed by atoms with Crippen molar-refractivity contribution in [1.29, 1.82) is 0 Å². The van der Waals surface area contributed by atoms with Gasteiger partial charge in [-0.15, -0.1) is 0 Å². The third-order valence-corrected chi connectivity index (χ3v) is 2.50. The Morgan fingerprint density at radius 2 is 2.07 bits per heavy atom. The van der Waals surface area contributed by atoms with Crippen LogP contribution in [0.25, 0.3) is 0 Å². The number of rotatable bonds is 6. The van der Waals surface area contributed by atoms with Crippen LogP contribution in [0.5, 0.6) is 0 Å². The zero-order valence-electron chi connectivity index (χ0n) is 10.3. The highest BCUT2D eigenvalue weighted by Crippen LogP contribution is 2.31. The third kappa shape index (κ3) is 6.37. The van der Waals surface area contributed by atoms with Crippen LogP contribution in [0, 0.1) is 11.8 Å². The first-order chi connectivity index (χ1) is 7.22. The summed E-state index contributed by atoms with van der Waals surface area (Å²) in [6, 6.07) is 0. The van der Waals surface area contributed by atoms with E-state index in [0.717, 1.165) is 31.5 Å². The lowest BCUT2D eigenvalue weighted by Crippen LogP contribution is -2.38. The number of nitrogens with one attached hydrogen (secondary N) is 2. The monoisotopic (exact) mass is 211 g/mol. The highest BCUT2D eigenvalue weighted by atomic mass is 15.2. The van der Waals surface area contributed by atoms with E-state index >= 15 is 0 Å². The highest BCUT2D eigenvalue weighted by molar-refractivity contribution is 5.79. The second-order valence-electron chi connectivity index (χ2n) is 4.77. The minimum Gasteiger partial charge on any atom is -0.357 e. The average molecular weight is 211 g/mol. The van der Waals surface area contributed by atoms with Gasteiger partial charge >= 0.3 is 0 Å². The molecule has 0 aromatic carbocycles. The molecule has 0 atom stereocenters. The molecule has 0 heterocycles. The van der Waals surface area contributed by atoms with E-state index in [-0.39, 0.29) is 0 Å². The van der Waals surface area contributed by atoms with Gasteiger partial charge < -0.3 is 10.6 Å². The van der Waals surface area contributed by atoms with Gasteiger partial charge in [0.1, 0.15) is 0 Å². The maximum absolute atomic E-state index is 4.52. The van der Waals surface area contributed by atoms with Gasteiger partial charge in [0.25, 0.3) is 0 Å². The minimum absolute atomic E-state index is 0.629. The SMILES string of the molecule is CCNC(=NCC(C)C)NCCC1CC1. The molecule has 3 nitrogen and oxygen atoms in total. The second-order valence-corrected chi connectivity index (χ2v) is 4.77. The molecule has 0 amide bonds. The molecule has 1 aliphatic rings. The van der Waals surface area contributed by atoms with E-state index in [9.17, 15) is 0 Å². The molecule has 0 unspecified atom stereocenters. The summed E-state index contributed by atoms with van der Waals surface area (Å²) in [5, 5.41) is 6.66. The fourth-order valence-corrected chi connectivity index (χ4v) is 1.42. The molecule has 1 aliphatic carbocycles. The van der Waals surface area contributed by atoms with Gasteiger partial charge in [-0.2, -0.15) is 0 Å². The number of aliphatic imine (C=N–C) groups is 1. The summed E-state index contributed by atoms with van der Waals surface area (Å²) in [6.45, 7) is 9.39. The zero-order valence-corrected chi connectivity index (χ0v) is 10.3. The molecule has 0 saturated heterocycles. The number of nitrogens with zero attached hydrogens (tertiary/aromatic N) is 1. The van der Waals surface area contributed by atoms with Crippen molar-refractivity contribution < 1.29 is 0 Å². The Morgan fingerprint density at radius 1 is 1.33 bits per heavy atom. The molecule has 1 saturated carbocycles. The maximum atomic E-state index is 4.52. The van der Waals surface area contributed by atoms with Gasteiger partial charge in [0.2, 0.25) is 0 Å². The molecule has 0 radical (unpaired) electrons. The van der Waals surface area contributed by atoms with Crippen LogP contribution in [0.3, 0.4) is 0 Å². The van der Waals surface area contributed by atoms with Crippen LogP contribution < -0.4 is 10.6 Å². The molecule has 1 fully saturated rings. The molecular weight excluding hydrogens is 186 g/mol. The largest absolute Gasteiger partial charge is 0.357 e. The summed E-state index contributed by atoms with van der Waals surface area (Å²) < 4.78 is 0. The second kappa shape index (κ2) is 6.70. The van der Waals surface area contributed by atoms with E-state index in [1.54, 1.807) is 0 Å². The minimum atomic E-state index is 0.629. The predicted octanol–water partition coefficient (Wildman–Crippen LogP) is 2.00. The number of hydrogen-bond donors (Lipinski definition) is 2. The fraction of sp³-hybridized carbons (Fsp3) is 0.917. The summed E-state index contributed by atoms with van der Waals surface area (Å²) in [6.07, 6.45) is 4.16. The van der Waals surface area contributed by atoms with Gasteiger partial charge in [0, 0.05) is 19.6 Å². The molecule has 0 aromatic heterocycles. The van der Waals surface area contributed by atoms with Crippen LogP contribution in [0.15, 0.2) is 4.99 Å². The Morgan fingerprint density at radius 3 is 2.60 bits per heavy atom. The molecule has 0 aliphatic heterocycles. The lowest BCUT2D eigenvalue weighted by molar-refractivity contribution is 0.648. The molecule has 15 heavy (non-hydrogen) atoms. The number of guanidine groups is 1. The summed E-state index contributed by atoms with van der Waals surface area (Å²) in [5.74, 6) is 2.60. The van der Waals surface area contributed by atoms with Gasteiger partial charge in [0.15, 0.2) is 5.96 Å². The zero-order chi connectivity index (χ0) is 11.1. The van der Waals surface area contributed by atoms with Gasteiger partial charge in [-0.05, 0) is 25.2 Å². The van der Waals surface area contributed by atoms with Gasteiger partial charge in [0.05, 0.1) is 0 Å². The fourth-order valence-electron chi connectivity index (χ4n) is 1.42. The standard InChI is InChI=1S/C12H25N3/c1-4-13-12(15-9-10(2)3)14-8-7-11-5-6-11/h10-11H,4-9H2,1-3H3,(H2,13,14,15). The van der Waals surface area contributed by atoms with Crippen LogP contribution in [0.4, 0.5) is 0 Å². The Labute approximate surface area is 93.7 Å². The van der Waals surface area contributed by atoms with Crippen molar-refractivity contribution in [3.05, 3.63) is 0 Å². The van der Waals surface area contributed by atoms with Crippen LogP contribution in [0.1, 0.15) is 40.0 Å². The van der Waals surface area contributed by atoms with E-state index in [1.807, 2.05) is 0 Å². The normalized spacial score (nSPS) is 16.9. The molecule has 1 rings (SSSR count). The molecule has 0 spiro atoms. The molecule has 2 N–H and O–H groups in total. The Hall–Kier alpha value is -0.730. The van der Waals surface area contributed by atoms with Crippen molar-refractivity contribution in [2.45, 2.75) is 40.0 Å². The summed E-state index contributed by atoms with van der Waals surface area (Å²) in [5.41, 5.74) is 0. The van der Waals surface area contributed by atoms with Crippen molar-refractivity contribution in [2.75, 3.05) is 19.6 Å². The van der Waals surface area contributed by atoms with Crippen molar-refractivity contribution in [1.82, 2.24) is 10.6 Å². The molecule has 88 valence electrons. The van der Waals surface area contributed by atoms with Crippen molar-refractivity contribution in [3.63, 3.8) is 0 Å². The molecule has 0 aromatic rings. The highest BCUT2D eigenvalue weighted by Gasteiger charge is 2.20. The average Bonchev–Trinajstić information content (AvgIpc) is 2.98. The molecular formula is C12H25N3. The maximum Gasteiger partial charge on any atom is 0.191 e. The first kappa shape index (κ1) is 12.3. The van der Waals surface area contributed by atoms with Crippen molar-refractivity contribution in [2.24, 2.45) is 16.8 Å². The summed E-state index contributed by atoms with van der Waals surface area (Å²) in [7, 11) is 0. The van der Waals surface area contributed by atoms with Gasteiger partial charge in [-0.1, -0.05) is 26.7 Å². The first-order valence-corrected chi connectivity index (χ1v) is 6.24. The van der Waals surface area contributed by atoms with Crippen LogP contribution >= 0.6 is 0 Å². The lowest BCUT2D eigenvalue weighted by Gasteiger charge is -2.11. The third-order valence-electron chi connectivity index (χ3n) is 2.50. The Bertz CT molecular complexity index is 195. The Kier molecular flexibility index (Phi) is 5.51. The topological polar surface area (TPSA) is 36.4 Å². The summed E-state index contributed by atoms with van der Waals surface area (Å²) in [4.78, 5) is 4.52. The van der Waals surface area contributed by atoms with Crippen molar-refractivity contribution in [3.8, 4) is 0 Å². The first-order valence-electron chi connectivity index (χ1n) is 6.24. The van der Waals surface area contributed by atoms with E-state index in [0.29, 0.717) is 5.92 Å². The van der Waals surface area contributed by atoms with E-state index in [4.69, 9.17) is 0 Å². The van der Waals surface area contributed by atoms with E-state index < -0.39 is 0 Å². The van der Waals surface area contributed by atoms with Crippen LogP contribution in [0.2, 0.25) is 0 Å². The van der Waals surface area contributed by atoms with E-state index in [2.05, 4.69) is 36.4 Å². The van der Waals surface area contributed by atoms with E-state index in [1.165, 1.54) is 19.3 Å². The smallest absolute Gasteiger partial charge is 0.191 e. The molecule has 0 bridgehead atoms. The number of hydrogen-bond acceptors (Lipinski definition) is 1. The Balaban J connectivity index is 2.17. The summed E-state index contributed by atoms with van der Waals surface area (Å²) >= 11 is 0. The van der Waals surface area contributed by atoms with Gasteiger partial charge in [-0.3, -0.25) is 4.99 Å². The predicted molar refractivity (Wildman–Crippen MR) is 66.2 cm³/mol. The van der Waals surface area contributed by atoms with Crippen LogP contribution in [-0.4, -0.2) is 25.6 Å². The quantitative estimate of drug-likeness (QED) is 0.521. The lowest BCUT2D eigenvalue weighted by atomic mass is 10.2. The molecule has 3 heteroatoms. The van der Waals surface area contributed by atoms with Crippen molar-refractivity contribution >= 4 is 5.96 Å².